The van der Waals surface area contributed by atoms with E-state index in [0.717, 1.165) is 30.7 Å². The summed E-state index contributed by atoms with van der Waals surface area (Å²) in [5, 5.41) is 0. The molecule has 0 aliphatic heterocycles. The minimum absolute atomic E-state index is 0.243. The molecule has 0 bridgehead atoms. The fourth-order valence-electron chi connectivity index (χ4n) is 2.55. The monoisotopic (exact) mass is 326 g/mol. The average Bonchev–Trinajstić information content (AvgIpc) is 2.64. The number of rotatable bonds is 9. The van der Waals surface area contributed by atoms with Crippen molar-refractivity contribution in [2.75, 3.05) is 0 Å². The number of carbonyl (C=O) groups excluding carboxylic acids is 1. The van der Waals surface area contributed by atoms with Crippen LogP contribution in [0.3, 0.4) is 0 Å². The molecule has 0 amide bonds. The molecule has 0 radical (unpaired) electrons. The second-order valence-electron chi connectivity index (χ2n) is 5.91. The summed E-state index contributed by atoms with van der Waals surface area (Å²) in [6.07, 6.45) is 9.22. The zero-order valence-corrected chi connectivity index (χ0v) is 14.6. The Bertz CT molecular complexity index is 611. The van der Waals surface area contributed by atoms with E-state index in [0.29, 0.717) is 5.56 Å². The lowest BCUT2D eigenvalue weighted by Crippen LogP contribution is -2.12. The van der Waals surface area contributed by atoms with E-state index < -0.39 is 0 Å². The lowest BCUT2D eigenvalue weighted by Gasteiger charge is -2.16. The fourth-order valence-corrected chi connectivity index (χ4v) is 2.55. The van der Waals surface area contributed by atoms with Gasteiger partial charge in [-0.05, 0) is 18.4 Å². The first-order valence-corrected chi connectivity index (χ1v) is 8.81. The molecular weight excluding hydrogens is 300 g/mol. The van der Waals surface area contributed by atoms with Crippen LogP contribution in [0.15, 0.2) is 42.7 Å². The van der Waals surface area contributed by atoms with Crippen LogP contribution in [-0.2, 0) is 11.2 Å². The molecule has 0 saturated carbocycles. The summed E-state index contributed by atoms with van der Waals surface area (Å²) >= 11 is 0. The minimum Gasteiger partial charge on any atom is -0.454 e. The quantitative estimate of drug-likeness (QED) is 0.485. The largest absolute Gasteiger partial charge is 0.454 e. The number of ether oxygens (including phenoxy) is 1. The molecule has 24 heavy (non-hydrogen) atoms. The Labute approximate surface area is 144 Å². The van der Waals surface area contributed by atoms with E-state index in [2.05, 4.69) is 16.9 Å². The van der Waals surface area contributed by atoms with Crippen LogP contribution in [-0.4, -0.2) is 15.9 Å². The first kappa shape index (κ1) is 18.1. The van der Waals surface area contributed by atoms with Gasteiger partial charge in [0.05, 0.1) is 5.56 Å². The number of nitrogens with zero attached hydrogens (tertiary/aromatic N) is 2. The Morgan fingerprint density at radius 3 is 2.38 bits per heavy atom. The predicted molar refractivity (Wildman–Crippen MR) is 94.8 cm³/mol. The zero-order valence-electron chi connectivity index (χ0n) is 14.6. The van der Waals surface area contributed by atoms with Crippen LogP contribution in [0.5, 0.6) is 0 Å². The number of carbonyl (C=O) groups is 1. The Morgan fingerprint density at radius 1 is 1.04 bits per heavy atom. The molecule has 4 nitrogen and oxygen atoms in total. The van der Waals surface area contributed by atoms with Crippen molar-refractivity contribution in [3.63, 3.8) is 0 Å². The molecule has 1 atom stereocenters. The predicted octanol–water partition coefficient (Wildman–Crippen LogP) is 4.91. The molecule has 1 aromatic heterocycles. The topological polar surface area (TPSA) is 52.1 Å². The van der Waals surface area contributed by atoms with Crippen LogP contribution in [0, 0.1) is 0 Å². The molecule has 1 heterocycles. The number of esters is 1. The summed E-state index contributed by atoms with van der Waals surface area (Å²) in [5.41, 5.74) is 1.41. The van der Waals surface area contributed by atoms with Gasteiger partial charge in [0, 0.05) is 18.8 Å². The van der Waals surface area contributed by atoms with Gasteiger partial charge in [0.25, 0.3) is 0 Å². The Balaban J connectivity index is 1.92. The van der Waals surface area contributed by atoms with Gasteiger partial charge in [0.2, 0.25) is 0 Å². The van der Waals surface area contributed by atoms with E-state index in [4.69, 9.17) is 4.74 Å². The summed E-state index contributed by atoms with van der Waals surface area (Å²) in [4.78, 5) is 20.9. The number of aryl methyl sites for hydroxylation is 1. The van der Waals surface area contributed by atoms with E-state index >= 15 is 0 Å². The highest BCUT2D eigenvalue weighted by molar-refractivity contribution is 5.88. The normalized spacial score (nSPS) is 11.9. The highest BCUT2D eigenvalue weighted by Gasteiger charge is 2.16. The van der Waals surface area contributed by atoms with Gasteiger partial charge in [-0.1, -0.05) is 63.4 Å². The van der Waals surface area contributed by atoms with Gasteiger partial charge in [0.1, 0.15) is 11.9 Å². The first-order chi connectivity index (χ1) is 11.7. The van der Waals surface area contributed by atoms with Gasteiger partial charge in [-0.15, -0.1) is 0 Å². The van der Waals surface area contributed by atoms with Gasteiger partial charge < -0.3 is 4.74 Å². The maximum Gasteiger partial charge on any atom is 0.341 e. The third-order valence-electron chi connectivity index (χ3n) is 3.99. The maximum absolute atomic E-state index is 12.3. The van der Waals surface area contributed by atoms with Crippen LogP contribution < -0.4 is 0 Å². The molecule has 4 heteroatoms. The molecule has 0 spiro atoms. The van der Waals surface area contributed by atoms with E-state index in [-0.39, 0.29) is 12.1 Å². The summed E-state index contributed by atoms with van der Waals surface area (Å²) in [6, 6.07) is 9.78. The van der Waals surface area contributed by atoms with Crippen LogP contribution in [0.1, 0.15) is 73.8 Å². The highest BCUT2D eigenvalue weighted by atomic mass is 16.5. The molecule has 1 unspecified atom stereocenters. The number of aromatic nitrogens is 2. The first-order valence-electron chi connectivity index (χ1n) is 8.81. The molecule has 0 fully saturated rings. The minimum atomic E-state index is -0.372. The van der Waals surface area contributed by atoms with Crippen molar-refractivity contribution >= 4 is 5.97 Å². The van der Waals surface area contributed by atoms with E-state index in [1.165, 1.54) is 19.3 Å². The van der Waals surface area contributed by atoms with Crippen molar-refractivity contribution in [3.05, 3.63) is 59.7 Å². The Kier molecular flexibility index (Phi) is 7.40. The van der Waals surface area contributed by atoms with Crippen molar-refractivity contribution < 1.29 is 9.53 Å². The zero-order chi connectivity index (χ0) is 17.2. The second-order valence-corrected chi connectivity index (χ2v) is 5.91. The van der Waals surface area contributed by atoms with Crippen molar-refractivity contribution in [3.8, 4) is 0 Å². The Morgan fingerprint density at radius 2 is 1.75 bits per heavy atom. The second kappa shape index (κ2) is 9.81. The van der Waals surface area contributed by atoms with Crippen LogP contribution in [0.2, 0.25) is 0 Å². The van der Waals surface area contributed by atoms with Crippen LogP contribution in [0.4, 0.5) is 0 Å². The van der Waals surface area contributed by atoms with Crippen molar-refractivity contribution in [1.29, 1.82) is 0 Å². The number of hydrogen-bond donors (Lipinski definition) is 0. The molecule has 128 valence electrons. The summed E-state index contributed by atoms with van der Waals surface area (Å²) in [7, 11) is 0. The van der Waals surface area contributed by atoms with Crippen molar-refractivity contribution in [2.45, 2.75) is 58.5 Å². The number of benzene rings is 1. The molecule has 0 saturated heterocycles. The number of unbranched alkanes of at least 4 members (excludes halogenated alkanes) is 3. The Hall–Kier alpha value is -2.23. The van der Waals surface area contributed by atoms with Gasteiger partial charge in [-0.3, -0.25) is 0 Å². The molecule has 2 rings (SSSR count). The maximum atomic E-state index is 12.3. The van der Waals surface area contributed by atoms with Crippen LogP contribution in [0.25, 0.3) is 0 Å². The number of hydrogen-bond acceptors (Lipinski definition) is 4. The third kappa shape index (κ3) is 5.44. The van der Waals surface area contributed by atoms with Crippen molar-refractivity contribution in [2.24, 2.45) is 0 Å². The molecule has 0 aliphatic carbocycles. The van der Waals surface area contributed by atoms with Gasteiger partial charge in [-0.25, -0.2) is 14.8 Å². The summed E-state index contributed by atoms with van der Waals surface area (Å²) < 4.78 is 5.61. The molecule has 0 aliphatic rings. The van der Waals surface area contributed by atoms with E-state index in [1.54, 1.807) is 12.4 Å². The summed E-state index contributed by atoms with van der Waals surface area (Å²) in [6.45, 7) is 4.19. The standard InChI is InChI=1S/C20H26N2O2/c1-3-5-6-10-13-19-21-14-17(15-22-19)20(23)24-18(4-2)16-11-8-7-9-12-16/h7-9,11-12,14-15,18H,3-6,10,13H2,1-2H3. The molecular formula is C20H26N2O2. The molecule has 2 aromatic rings. The summed E-state index contributed by atoms with van der Waals surface area (Å²) in [5.74, 6) is 0.418. The fraction of sp³-hybridized carbons (Fsp3) is 0.450. The van der Waals surface area contributed by atoms with E-state index in [9.17, 15) is 4.79 Å². The van der Waals surface area contributed by atoms with Gasteiger partial charge >= 0.3 is 5.97 Å². The molecule has 1 aromatic carbocycles. The lowest BCUT2D eigenvalue weighted by atomic mass is 10.1. The van der Waals surface area contributed by atoms with Gasteiger partial charge in [-0.2, -0.15) is 0 Å². The smallest absolute Gasteiger partial charge is 0.341 e. The lowest BCUT2D eigenvalue weighted by molar-refractivity contribution is 0.0287. The van der Waals surface area contributed by atoms with Crippen LogP contribution >= 0.6 is 0 Å². The van der Waals surface area contributed by atoms with E-state index in [1.807, 2.05) is 37.3 Å². The van der Waals surface area contributed by atoms with Crippen molar-refractivity contribution in [1.82, 2.24) is 9.97 Å². The van der Waals surface area contributed by atoms with Gasteiger partial charge in [0.15, 0.2) is 0 Å². The molecule has 0 N–H and O–H groups in total. The third-order valence-corrected chi connectivity index (χ3v) is 3.99. The SMILES string of the molecule is CCCCCCc1ncc(C(=O)OC(CC)c2ccccc2)cn1. The average molecular weight is 326 g/mol. The highest BCUT2D eigenvalue weighted by Crippen LogP contribution is 2.22.